The van der Waals surface area contributed by atoms with Gasteiger partial charge in [0.05, 0.1) is 40.5 Å². The zero-order valence-corrected chi connectivity index (χ0v) is 21.1. The van der Waals surface area contributed by atoms with Crippen LogP contribution in [0.15, 0.2) is 72.8 Å². The molecule has 3 aromatic rings. The van der Waals surface area contributed by atoms with Gasteiger partial charge in [0.15, 0.2) is 0 Å². The highest BCUT2D eigenvalue weighted by Gasteiger charge is 2.29. The van der Waals surface area contributed by atoms with Gasteiger partial charge in [0.2, 0.25) is 10.0 Å². The molecule has 4 rings (SSSR count). The van der Waals surface area contributed by atoms with Gasteiger partial charge in [0.1, 0.15) is 0 Å². The monoisotopic (exact) mass is 501 g/mol. The van der Waals surface area contributed by atoms with Crippen LogP contribution in [0.5, 0.6) is 0 Å². The highest BCUT2D eigenvalue weighted by atomic mass is 32.2. The number of anilines is 3. The van der Waals surface area contributed by atoms with Crippen LogP contribution in [-0.4, -0.2) is 52.7 Å². The van der Waals surface area contributed by atoms with Crippen molar-refractivity contribution in [2.45, 2.75) is 0 Å². The molecule has 0 unspecified atom stereocenters. The molecule has 0 fully saturated rings. The molecule has 0 bridgehead atoms. The summed E-state index contributed by atoms with van der Waals surface area (Å²) in [6, 6.07) is 23.8. The summed E-state index contributed by atoms with van der Waals surface area (Å²) >= 11 is 0. The number of likely N-dealkylation sites (N-methyl/N-ethyl adjacent to an activating group) is 1. The standard InChI is InChI=1S/C27H27N5O3S/c1-31(2)15-16-32(36(3,34)35)22-12-10-21(11-13-22)29-26(20-7-5-4-6-8-20)25-23-14-9-19(18-28)17-24(23)30-27(25)33/h4-14,17,29H,15-16H2,1-3H3,(H,30,33). The lowest BCUT2D eigenvalue weighted by atomic mass is 9.99. The van der Waals surface area contributed by atoms with Crippen molar-refractivity contribution in [3.05, 3.63) is 89.5 Å². The van der Waals surface area contributed by atoms with E-state index < -0.39 is 10.0 Å². The first-order chi connectivity index (χ1) is 17.2. The summed E-state index contributed by atoms with van der Waals surface area (Å²) < 4.78 is 26.1. The number of fused-ring (bicyclic) bond motifs is 1. The zero-order valence-electron chi connectivity index (χ0n) is 20.3. The number of hydrogen-bond donors (Lipinski definition) is 2. The molecule has 0 aliphatic carbocycles. The SMILES string of the molecule is CN(C)CCN(c1ccc(NC(=C2C(=O)Nc3cc(C#N)ccc32)c2ccccc2)cc1)S(C)(=O)=O. The highest BCUT2D eigenvalue weighted by molar-refractivity contribution is 7.92. The van der Waals surface area contributed by atoms with E-state index in [1.807, 2.05) is 49.3 Å². The summed E-state index contributed by atoms with van der Waals surface area (Å²) in [7, 11) is 0.336. The Labute approximate surface area is 211 Å². The minimum atomic E-state index is -3.45. The topological polar surface area (TPSA) is 106 Å². The number of amides is 1. The molecule has 0 radical (unpaired) electrons. The Kier molecular flexibility index (Phi) is 7.10. The van der Waals surface area contributed by atoms with Crippen molar-refractivity contribution in [1.82, 2.24) is 4.90 Å². The fraction of sp³-hybridized carbons (Fsp3) is 0.185. The second kappa shape index (κ2) is 10.2. The highest BCUT2D eigenvalue weighted by Crippen LogP contribution is 2.38. The largest absolute Gasteiger partial charge is 0.354 e. The van der Waals surface area contributed by atoms with E-state index in [0.29, 0.717) is 52.5 Å². The van der Waals surface area contributed by atoms with Gasteiger partial charge in [-0.25, -0.2) is 8.42 Å². The van der Waals surface area contributed by atoms with E-state index in [1.54, 1.807) is 42.5 Å². The fourth-order valence-corrected chi connectivity index (χ4v) is 4.92. The summed E-state index contributed by atoms with van der Waals surface area (Å²) in [5.41, 5.74) is 4.90. The Balaban J connectivity index is 1.73. The Hall–Kier alpha value is -4.13. The lowest BCUT2D eigenvalue weighted by Gasteiger charge is -2.24. The average Bonchev–Trinajstić information content (AvgIpc) is 3.17. The Morgan fingerprint density at radius 2 is 1.69 bits per heavy atom. The van der Waals surface area contributed by atoms with Gasteiger partial charge in [-0.15, -0.1) is 0 Å². The third-order valence-electron chi connectivity index (χ3n) is 5.78. The van der Waals surface area contributed by atoms with Crippen LogP contribution in [0.2, 0.25) is 0 Å². The van der Waals surface area contributed by atoms with Crippen LogP contribution < -0.4 is 14.9 Å². The number of rotatable bonds is 8. The summed E-state index contributed by atoms with van der Waals surface area (Å²) in [4.78, 5) is 15.0. The van der Waals surface area contributed by atoms with Crippen molar-refractivity contribution in [3.8, 4) is 6.07 Å². The number of nitriles is 1. The molecule has 184 valence electrons. The molecule has 0 spiro atoms. The summed E-state index contributed by atoms with van der Waals surface area (Å²) in [5, 5.41) is 15.5. The summed E-state index contributed by atoms with van der Waals surface area (Å²) in [5.74, 6) is -0.269. The van der Waals surface area contributed by atoms with Crippen LogP contribution in [0, 0.1) is 11.3 Å². The van der Waals surface area contributed by atoms with Crippen molar-refractivity contribution < 1.29 is 13.2 Å². The lowest BCUT2D eigenvalue weighted by molar-refractivity contribution is -0.110. The molecule has 1 aliphatic rings. The first-order valence-corrected chi connectivity index (χ1v) is 13.2. The number of benzene rings is 3. The maximum Gasteiger partial charge on any atom is 0.258 e. The van der Waals surface area contributed by atoms with Gasteiger partial charge in [-0.3, -0.25) is 9.10 Å². The summed E-state index contributed by atoms with van der Waals surface area (Å²) in [6.45, 7) is 0.916. The molecule has 0 atom stereocenters. The smallest absolute Gasteiger partial charge is 0.258 e. The van der Waals surface area contributed by atoms with Crippen LogP contribution in [0.3, 0.4) is 0 Å². The number of carbonyl (C=O) groups is 1. The van der Waals surface area contributed by atoms with Crippen LogP contribution in [0.25, 0.3) is 11.3 Å². The molecule has 3 aromatic carbocycles. The van der Waals surface area contributed by atoms with Gasteiger partial charge in [-0.2, -0.15) is 5.26 Å². The first kappa shape index (κ1) is 25.0. The molecule has 0 saturated carbocycles. The number of hydrogen-bond acceptors (Lipinski definition) is 6. The fourth-order valence-electron chi connectivity index (χ4n) is 4.01. The summed E-state index contributed by atoms with van der Waals surface area (Å²) in [6.07, 6.45) is 1.20. The average molecular weight is 502 g/mol. The molecule has 1 heterocycles. The van der Waals surface area contributed by atoms with E-state index in [4.69, 9.17) is 0 Å². The van der Waals surface area contributed by atoms with Gasteiger partial charge in [0, 0.05) is 24.3 Å². The normalized spacial score (nSPS) is 14.1. The van der Waals surface area contributed by atoms with Gasteiger partial charge in [0.25, 0.3) is 5.91 Å². The Bertz CT molecular complexity index is 1460. The van der Waals surface area contributed by atoms with E-state index in [0.717, 1.165) is 5.56 Å². The molecule has 2 N–H and O–H groups in total. The molecule has 9 heteroatoms. The van der Waals surface area contributed by atoms with Crippen LogP contribution in [0.4, 0.5) is 17.1 Å². The molecular formula is C27H27N5O3S. The molecule has 8 nitrogen and oxygen atoms in total. The van der Waals surface area contributed by atoms with E-state index in [2.05, 4.69) is 16.7 Å². The molecule has 36 heavy (non-hydrogen) atoms. The van der Waals surface area contributed by atoms with Crippen LogP contribution in [-0.2, 0) is 14.8 Å². The first-order valence-electron chi connectivity index (χ1n) is 11.3. The molecule has 0 aromatic heterocycles. The van der Waals surface area contributed by atoms with Crippen molar-refractivity contribution in [2.24, 2.45) is 0 Å². The number of nitrogens with one attached hydrogen (secondary N) is 2. The van der Waals surface area contributed by atoms with Gasteiger partial charge in [-0.05, 0) is 56.1 Å². The number of carbonyl (C=O) groups excluding carboxylic acids is 1. The maximum atomic E-state index is 13.0. The van der Waals surface area contributed by atoms with Gasteiger partial charge in [-0.1, -0.05) is 36.4 Å². The Morgan fingerprint density at radius 3 is 2.31 bits per heavy atom. The molecule has 0 saturated heterocycles. The van der Waals surface area contributed by atoms with Crippen molar-refractivity contribution in [1.29, 1.82) is 5.26 Å². The van der Waals surface area contributed by atoms with Crippen molar-refractivity contribution in [3.63, 3.8) is 0 Å². The number of nitrogens with zero attached hydrogens (tertiary/aromatic N) is 3. The third kappa shape index (κ3) is 5.40. The molecule has 1 amide bonds. The van der Waals surface area contributed by atoms with Crippen LogP contribution >= 0.6 is 0 Å². The van der Waals surface area contributed by atoms with E-state index in [1.165, 1.54) is 10.6 Å². The Morgan fingerprint density at radius 1 is 1.00 bits per heavy atom. The van der Waals surface area contributed by atoms with E-state index >= 15 is 0 Å². The second-order valence-corrected chi connectivity index (χ2v) is 10.7. The molecular weight excluding hydrogens is 474 g/mol. The number of sulfonamides is 1. The quantitative estimate of drug-likeness (QED) is 0.455. The van der Waals surface area contributed by atoms with Gasteiger partial charge < -0.3 is 15.5 Å². The van der Waals surface area contributed by atoms with Gasteiger partial charge >= 0.3 is 0 Å². The second-order valence-electron chi connectivity index (χ2n) is 8.75. The minimum absolute atomic E-state index is 0.269. The molecule has 1 aliphatic heterocycles. The third-order valence-corrected chi connectivity index (χ3v) is 6.98. The lowest BCUT2D eigenvalue weighted by Crippen LogP contribution is -2.35. The maximum absolute atomic E-state index is 13.0. The van der Waals surface area contributed by atoms with Crippen molar-refractivity contribution >= 4 is 44.3 Å². The van der Waals surface area contributed by atoms with E-state index in [-0.39, 0.29) is 5.91 Å². The van der Waals surface area contributed by atoms with Crippen LogP contribution in [0.1, 0.15) is 16.7 Å². The predicted molar refractivity (Wildman–Crippen MR) is 144 cm³/mol. The minimum Gasteiger partial charge on any atom is -0.354 e. The zero-order chi connectivity index (χ0) is 25.9. The van der Waals surface area contributed by atoms with Crippen molar-refractivity contribution in [2.75, 3.05) is 48.4 Å². The predicted octanol–water partition coefficient (Wildman–Crippen LogP) is 3.82. The van der Waals surface area contributed by atoms with E-state index in [9.17, 15) is 18.5 Å².